The summed E-state index contributed by atoms with van der Waals surface area (Å²) in [6.07, 6.45) is 2.31. The zero-order valence-electron chi connectivity index (χ0n) is 13.8. The number of rotatable bonds is 7. The lowest BCUT2D eigenvalue weighted by atomic mass is 9.93. The van der Waals surface area contributed by atoms with E-state index >= 15 is 0 Å². The van der Waals surface area contributed by atoms with Crippen LogP contribution in [0.1, 0.15) is 31.7 Å². The van der Waals surface area contributed by atoms with Crippen molar-refractivity contribution in [2.24, 2.45) is 11.8 Å². The maximum absolute atomic E-state index is 13.2. The van der Waals surface area contributed by atoms with Crippen LogP contribution >= 0.6 is 0 Å². The molecule has 0 radical (unpaired) electrons. The van der Waals surface area contributed by atoms with Crippen LogP contribution in [-0.2, 0) is 20.7 Å². The molecule has 1 amide bonds. The van der Waals surface area contributed by atoms with E-state index in [9.17, 15) is 19.1 Å². The minimum atomic E-state index is -1.03. The molecule has 0 aliphatic carbocycles. The summed E-state index contributed by atoms with van der Waals surface area (Å²) in [6.45, 7) is 2.89. The predicted octanol–water partition coefficient (Wildman–Crippen LogP) is 2.39. The largest absolute Gasteiger partial charge is 0.480 e. The van der Waals surface area contributed by atoms with Crippen LogP contribution in [0.3, 0.4) is 0 Å². The lowest BCUT2D eigenvalue weighted by Gasteiger charge is -2.28. The molecule has 2 N–H and O–H groups in total. The highest BCUT2D eigenvalue weighted by atomic mass is 19.1. The summed E-state index contributed by atoms with van der Waals surface area (Å²) in [6, 6.07) is 5.37. The molecule has 1 fully saturated rings. The molecule has 0 spiro atoms. The van der Waals surface area contributed by atoms with Crippen LogP contribution in [-0.4, -0.2) is 36.2 Å². The third-order valence-electron chi connectivity index (χ3n) is 4.26. The third-order valence-corrected chi connectivity index (χ3v) is 4.26. The van der Waals surface area contributed by atoms with E-state index in [1.54, 1.807) is 6.07 Å². The van der Waals surface area contributed by atoms with Gasteiger partial charge in [0.2, 0.25) is 5.91 Å². The normalized spacial score (nSPS) is 20.2. The molecular weight excluding hydrogens is 313 g/mol. The van der Waals surface area contributed by atoms with E-state index < -0.39 is 12.0 Å². The van der Waals surface area contributed by atoms with Crippen LogP contribution in [0.25, 0.3) is 0 Å². The van der Waals surface area contributed by atoms with Gasteiger partial charge in [-0.25, -0.2) is 9.18 Å². The number of carbonyl (C=O) groups excluding carboxylic acids is 1. The first-order valence-corrected chi connectivity index (χ1v) is 8.30. The Bertz CT molecular complexity index is 572. The SMILES string of the molecule is CC(CC(=O)NC(C(=O)O)C1CCCOC1)Cc1cccc(F)c1. The molecule has 2 rings (SSSR count). The number of amides is 1. The molecule has 0 bridgehead atoms. The van der Waals surface area contributed by atoms with E-state index in [4.69, 9.17) is 4.74 Å². The Labute approximate surface area is 141 Å². The number of carbonyl (C=O) groups is 2. The Morgan fingerprint density at radius 1 is 1.46 bits per heavy atom. The number of halogens is 1. The van der Waals surface area contributed by atoms with E-state index in [-0.39, 0.29) is 30.0 Å². The zero-order chi connectivity index (χ0) is 17.5. The minimum absolute atomic E-state index is 0.0103. The smallest absolute Gasteiger partial charge is 0.326 e. The molecule has 24 heavy (non-hydrogen) atoms. The van der Waals surface area contributed by atoms with Crippen molar-refractivity contribution in [1.82, 2.24) is 5.32 Å². The van der Waals surface area contributed by atoms with Crippen LogP contribution < -0.4 is 5.32 Å². The lowest BCUT2D eigenvalue weighted by Crippen LogP contribution is -2.48. The van der Waals surface area contributed by atoms with Gasteiger partial charge >= 0.3 is 5.97 Å². The van der Waals surface area contributed by atoms with Gasteiger partial charge in [-0.15, -0.1) is 0 Å². The van der Waals surface area contributed by atoms with Gasteiger partial charge < -0.3 is 15.2 Å². The van der Waals surface area contributed by atoms with Gasteiger partial charge in [-0.3, -0.25) is 4.79 Å². The highest BCUT2D eigenvalue weighted by molar-refractivity contribution is 5.83. The topological polar surface area (TPSA) is 75.6 Å². The van der Waals surface area contributed by atoms with Crippen molar-refractivity contribution in [1.29, 1.82) is 0 Å². The molecule has 3 atom stereocenters. The first-order chi connectivity index (χ1) is 11.5. The summed E-state index contributed by atoms with van der Waals surface area (Å²) in [4.78, 5) is 23.6. The number of hydrogen-bond donors (Lipinski definition) is 2. The van der Waals surface area contributed by atoms with E-state index in [0.29, 0.717) is 19.6 Å². The highest BCUT2D eigenvalue weighted by Gasteiger charge is 2.31. The molecule has 5 nitrogen and oxygen atoms in total. The Balaban J connectivity index is 1.86. The van der Waals surface area contributed by atoms with Crippen LogP contribution in [0.5, 0.6) is 0 Å². The highest BCUT2D eigenvalue weighted by Crippen LogP contribution is 2.19. The van der Waals surface area contributed by atoms with Crippen LogP contribution in [0, 0.1) is 17.7 Å². The second kappa shape index (κ2) is 8.78. The van der Waals surface area contributed by atoms with Gasteiger partial charge in [-0.1, -0.05) is 19.1 Å². The van der Waals surface area contributed by atoms with Crippen molar-refractivity contribution < 1.29 is 23.8 Å². The number of aliphatic carboxylic acids is 1. The molecule has 1 heterocycles. The van der Waals surface area contributed by atoms with Crippen molar-refractivity contribution in [2.75, 3.05) is 13.2 Å². The van der Waals surface area contributed by atoms with E-state index in [1.807, 2.05) is 13.0 Å². The Morgan fingerprint density at radius 2 is 2.25 bits per heavy atom. The number of ether oxygens (including phenoxy) is 1. The van der Waals surface area contributed by atoms with Crippen molar-refractivity contribution in [2.45, 2.75) is 38.6 Å². The molecule has 132 valence electrons. The molecule has 3 unspecified atom stereocenters. The van der Waals surface area contributed by atoms with E-state index in [0.717, 1.165) is 18.4 Å². The number of nitrogens with one attached hydrogen (secondary N) is 1. The van der Waals surface area contributed by atoms with Crippen molar-refractivity contribution in [3.63, 3.8) is 0 Å². The molecule has 0 aromatic heterocycles. The quantitative estimate of drug-likeness (QED) is 0.801. The molecule has 1 aliphatic heterocycles. The second-order valence-corrected chi connectivity index (χ2v) is 6.50. The monoisotopic (exact) mass is 337 g/mol. The average Bonchev–Trinajstić information content (AvgIpc) is 2.53. The first kappa shape index (κ1) is 18.4. The average molecular weight is 337 g/mol. The fraction of sp³-hybridized carbons (Fsp3) is 0.556. The number of benzene rings is 1. The summed E-state index contributed by atoms with van der Waals surface area (Å²) >= 11 is 0. The minimum Gasteiger partial charge on any atom is -0.480 e. The maximum atomic E-state index is 13.2. The van der Waals surface area contributed by atoms with Gasteiger partial charge in [-0.2, -0.15) is 0 Å². The Kier molecular flexibility index (Phi) is 6.73. The van der Waals surface area contributed by atoms with Crippen molar-refractivity contribution in [3.8, 4) is 0 Å². The summed E-state index contributed by atoms with van der Waals surface area (Å²) in [5.74, 6) is -1.83. The van der Waals surface area contributed by atoms with Gasteiger partial charge in [0.25, 0.3) is 0 Å². The summed E-state index contributed by atoms with van der Waals surface area (Å²) in [5.41, 5.74) is 0.825. The second-order valence-electron chi connectivity index (χ2n) is 6.50. The first-order valence-electron chi connectivity index (χ1n) is 8.30. The van der Waals surface area contributed by atoms with Gasteiger partial charge in [0, 0.05) is 18.9 Å². The van der Waals surface area contributed by atoms with Crippen molar-refractivity contribution in [3.05, 3.63) is 35.6 Å². The maximum Gasteiger partial charge on any atom is 0.326 e. The molecule has 6 heteroatoms. The lowest BCUT2D eigenvalue weighted by molar-refractivity contribution is -0.145. The van der Waals surface area contributed by atoms with Gasteiger partial charge in [-0.05, 0) is 42.9 Å². The number of hydrogen-bond acceptors (Lipinski definition) is 3. The van der Waals surface area contributed by atoms with Crippen LogP contribution in [0.2, 0.25) is 0 Å². The summed E-state index contributed by atoms with van der Waals surface area (Å²) in [7, 11) is 0. The molecule has 1 aliphatic rings. The number of carboxylic acid groups (broad SMARTS) is 1. The molecular formula is C18H24FNO4. The van der Waals surface area contributed by atoms with Crippen LogP contribution in [0.15, 0.2) is 24.3 Å². The summed E-state index contributed by atoms with van der Waals surface area (Å²) in [5, 5.41) is 12.0. The third kappa shape index (κ3) is 5.60. The van der Waals surface area contributed by atoms with E-state index in [1.165, 1.54) is 12.1 Å². The van der Waals surface area contributed by atoms with Gasteiger partial charge in [0.15, 0.2) is 0 Å². The fourth-order valence-electron chi connectivity index (χ4n) is 3.10. The van der Waals surface area contributed by atoms with Crippen molar-refractivity contribution >= 4 is 11.9 Å². The molecule has 1 aromatic rings. The molecule has 1 aromatic carbocycles. The van der Waals surface area contributed by atoms with Gasteiger partial charge in [0.05, 0.1) is 6.61 Å². The molecule has 0 saturated carbocycles. The van der Waals surface area contributed by atoms with E-state index in [2.05, 4.69) is 5.32 Å². The van der Waals surface area contributed by atoms with Crippen LogP contribution in [0.4, 0.5) is 4.39 Å². The molecule has 1 saturated heterocycles. The van der Waals surface area contributed by atoms with Gasteiger partial charge in [0.1, 0.15) is 11.9 Å². The Hall–Kier alpha value is -1.95. The zero-order valence-corrected chi connectivity index (χ0v) is 13.8. The Morgan fingerprint density at radius 3 is 2.88 bits per heavy atom. The predicted molar refractivity (Wildman–Crippen MR) is 87.0 cm³/mol. The fourth-order valence-corrected chi connectivity index (χ4v) is 3.10. The number of carboxylic acids is 1. The standard InChI is InChI=1S/C18H24FNO4/c1-12(8-13-4-2-6-15(19)10-13)9-16(21)20-17(18(22)23)14-5-3-7-24-11-14/h2,4,6,10,12,14,17H,3,5,7-9,11H2,1H3,(H,20,21)(H,22,23). The summed E-state index contributed by atoms with van der Waals surface area (Å²) < 4.78 is 18.5.